The minimum atomic E-state index is -2.94. The zero-order chi connectivity index (χ0) is 26.3. The summed E-state index contributed by atoms with van der Waals surface area (Å²) in [5.74, 6) is -1.30. The molecule has 0 saturated carbocycles. The Bertz CT molecular complexity index is 1120. The Kier molecular flexibility index (Phi) is 7.36. The highest BCUT2D eigenvalue weighted by Gasteiger charge is 2.43. The van der Waals surface area contributed by atoms with Crippen LogP contribution in [0.25, 0.3) is 0 Å². The molecule has 0 aliphatic carbocycles. The molecule has 2 aliphatic heterocycles. The first-order chi connectivity index (χ1) is 16.9. The first kappa shape index (κ1) is 26.4. The second kappa shape index (κ2) is 10.0. The summed E-state index contributed by atoms with van der Waals surface area (Å²) in [5.41, 5.74) is 4.00. The number of amides is 2. The van der Waals surface area contributed by atoms with Crippen molar-refractivity contribution in [3.63, 3.8) is 0 Å². The number of anilines is 1. The fourth-order valence-electron chi connectivity index (χ4n) is 5.02. The highest BCUT2D eigenvalue weighted by molar-refractivity contribution is 8.25. The van der Waals surface area contributed by atoms with Crippen LogP contribution < -0.4 is 15.7 Å². The Morgan fingerprint density at radius 3 is 2.39 bits per heavy atom. The fraction of sp³-hybridized carbons (Fsp3) is 0.462. The Morgan fingerprint density at radius 1 is 1.08 bits per heavy atom. The van der Waals surface area contributed by atoms with Gasteiger partial charge in [-0.2, -0.15) is 10.6 Å². The average Bonchev–Trinajstić information content (AvgIpc) is 3.26. The predicted molar refractivity (Wildman–Crippen MR) is 141 cm³/mol. The number of carbonyl (C=O) groups excluding carboxylic acids is 2. The van der Waals surface area contributed by atoms with Crippen molar-refractivity contribution in [3.05, 3.63) is 59.7 Å². The van der Waals surface area contributed by atoms with Gasteiger partial charge in [-0.1, -0.05) is 24.3 Å². The Morgan fingerprint density at radius 2 is 1.75 bits per heavy atom. The number of hydrogen-bond acceptors (Lipinski definition) is 7. The lowest BCUT2D eigenvalue weighted by atomic mass is 10.0. The summed E-state index contributed by atoms with van der Waals surface area (Å²) in [4.78, 5) is 29.9. The lowest BCUT2D eigenvalue weighted by Gasteiger charge is -2.54. The highest BCUT2D eigenvalue weighted by Crippen LogP contribution is 2.64. The van der Waals surface area contributed by atoms with Gasteiger partial charge in [-0.15, -0.1) is 0 Å². The maximum atomic E-state index is 13.0. The molecular weight excluding hydrogens is 480 g/mol. The van der Waals surface area contributed by atoms with Crippen LogP contribution in [-0.2, 0) is 11.3 Å². The van der Waals surface area contributed by atoms with E-state index in [2.05, 4.69) is 15.1 Å². The zero-order valence-corrected chi connectivity index (χ0v) is 22.0. The van der Waals surface area contributed by atoms with Crippen LogP contribution in [0.15, 0.2) is 53.4 Å². The number of likely N-dealkylation sites (tertiary alicyclic amines) is 1. The Hall–Kier alpha value is -2.63. The number of hydroxylamine groups is 1. The molecule has 0 bridgehead atoms. The van der Waals surface area contributed by atoms with Crippen LogP contribution in [0.1, 0.15) is 43.6 Å². The summed E-state index contributed by atoms with van der Waals surface area (Å²) in [6.07, 6.45) is 0. The molecule has 2 aromatic carbocycles. The van der Waals surface area contributed by atoms with Gasteiger partial charge in [0, 0.05) is 37.8 Å². The molecule has 0 aromatic heterocycles. The minimum absolute atomic E-state index is 0.216. The third-order valence-electron chi connectivity index (χ3n) is 7.29. The molecule has 0 unspecified atom stereocenters. The quantitative estimate of drug-likeness (QED) is 0.294. The van der Waals surface area contributed by atoms with Crippen molar-refractivity contribution in [1.29, 1.82) is 0 Å². The number of nitrogens with zero attached hydrogens (tertiary/aromatic N) is 2. The molecule has 1 fully saturated rings. The second-order valence-electron chi connectivity index (χ2n) is 10.5. The molecule has 196 valence electrons. The summed E-state index contributed by atoms with van der Waals surface area (Å²) in [6.45, 7) is 9.83. The minimum Gasteiger partial charge on any atom is -0.364 e. The van der Waals surface area contributed by atoms with E-state index < -0.39 is 33.2 Å². The van der Waals surface area contributed by atoms with E-state index in [-0.39, 0.29) is 11.9 Å². The van der Waals surface area contributed by atoms with Crippen LogP contribution in [0, 0.1) is 5.92 Å². The molecule has 2 heterocycles. The van der Waals surface area contributed by atoms with Gasteiger partial charge in [-0.25, -0.2) is 5.48 Å². The number of para-hydroxylation sites is 1. The van der Waals surface area contributed by atoms with E-state index in [1.807, 2.05) is 58.0 Å². The second-order valence-corrected chi connectivity index (χ2v) is 13.2. The van der Waals surface area contributed by atoms with Crippen LogP contribution >= 0.6 is 10.6 Å². The van der Waals surface area contributed by atoms with Crippen LogP contribution in [0.4, 0.5) is 5.69 Å². The molecule has 0 spiro atoms. The molecule has 5 N–H and O–H groups in total. The third-order valence-corrected chi connectivity index (χ3v) is 9.91. The summed E-state index contributed by atoms with van der Waals surface area (Å²) in [7, 11) is -2.94. The first-order valence-corrected chi connectivity index (χ1v) is 13.7. The third kappa shape index (κ3) is 4.96. The molecule has 2 aromatic rings. The van der Waals surface area contributed by atoms with E-state index in [0.717, 1.165) is 11.3 Å². The summed E-state index contributed by atoms with van der Waals surface area (Å²) < 4.78 is 21.1. The average molecular weight is 517 g/mol. The summed E-state index contributed by atoms with van der Waals surface area (Å²) >= 11 is 0. The van der Waals surface area contributed by atoms with Crippen molar-refractivity contribution >= 4 is 28.1 Å². The van der Waals surface area contributed by atoms with Crippen LogP contribution in [-0.4, -0.2) is 67.5 Å². The van der Waals surface area contributed by atoms with E-state index in [4.69, 9.17) is 5.21 Å². The molecule has 36 heavy (non-hydrogen) atoms. The van der Waals surface area contributed by atoms with E-state index in [0.29, 0.717) is 36.6 Å². The lowest BCUT2D eigenvalue weighted by Crippen LogP contribution is -2.46. The SMILES string of the molecule is CC(C)N1C[C@H](C(=O)NO)[C@H](NC(=O)c2ccc(CN3CC(C)(C)S(O)(O)c4ccccc43)cc2)C1. The maximum Gasteiger partial charge on any atom is 0.251 e. The van der Waals surface area contributed by atoms with Gasteiger partial charge in [-0.3, -0.25) is 28.8 Å². The van der Waals surface area contributed by atoms with Crippen molar-refractivity contribution in [2.24, 2.45) is 5.92 Å². The van der Waals surface area contributed by atoms with E-state index in [1.54, 1.807) is 23.7 Å². The number of fused-ring (bicyclic) bond motifs is 1. The molecule has 2 amide bonds. The van der Waals surface area contributed by atoms with E-state index in [1.165, 1.54) is 0 Å². The topological polar surface area (TPSA) is 125 Å². The van der Waals surface area contributed by atoms with Crippen molar-refractivity contribution < 1.29 is 23.9 Å². The van der Waals surface area contributed by atoms with Gasteiger partial charge in [0.2, 0.25) is 5.91 Å². The highest BCUT2D eigenvalue weighted by atomic mass is 32.3. The predicted octanol–water partition coefficient (Wildman–Crippen LogP) is 3.54. The largest absolute Gasteiger partial charge is 0.364 e. The number of nitrogens with one attached hydrogen (secondary N) is 2. The summed E-state index contributed by atoms with van der Waals surface area (Å²) in [6, 6.07) is 14.5. The molecule has 10 heteroatoms. The normalized spacial score (nSPS) is 23.7. The fourth-order valence-corrected chi connectivity index (χ4v) is 6.71. The van der Waals surface area contributed by atoms with Gasteiger partial charge in [-0.05, 0) is 57.5 Å². The van der Waals surface area contributed by atoms with Gasteiger partial charge in [0.05, 0.1) is 27.3 Å². The maximum absolute atomic E-state index is 13.0. The zero-order valence-electron chi connectivity index (χ0n) is 21.1. The Balaban J connectivity index is 1.47. The molecular formula is C26H36N4O5S. The summed E-state index contributed by atoms with van der Waals surface area (Å²) in [5, 5.41) is 12.1. The van der Waals surface area contributed by atoms with Crippen LogP contribution in [0.3, 0.4) is 0 Å². The van der Waals surface area contributed by atoms with E-state index >= 15 is 0 Å². The van der Waals surface area contributed by atoms with Gasteiger partial charge in [0.15, 0.2) is 0 Å². The van der Waals surface area contributed by atoms with Gasteiger partial charge in [0.1, 0.15) is 0 Å². The van der Waals surface area contributed by atoms with Crippen molar-refractivity contribution in [1.82, 2.24) is 15.7 Å². The van der Waals surface area contributed by atoms with Gasteiger partial charge >= 0.3 is 0 Å². The molecule has 0 radical (unpaired) electrons. The first-order valence-electron chi connectivity index (χ1n) is 12.1. The molecule has 2 aliphatic rings. The van der Waals surface area contributed by atoms with Gasteiger partial charge in [0.25, 0.3) is 5.91 Å². The van der Waals surface area contributed by atoms with Crippen LogP contribution in [0.2, 0.25) is 0 Å². The molecule has 2 atom stereocenters. The van der Waals surface area contributed by atoms with Crippen LogP contribution in [0.5, 0.6) is 0 Å². The van der Waals surface area contributed by atoms with E-state index in [9.17, 15) is 18.7 Å². The monoisotopic (exact) mass is 516 g/mol. The number of hydrogen-bond donors (Lipinski definition) is 5. The molecule has 1 saturated heterocycles. The smallest absolute Gasteiger partial charge is 0.251 e. The lowest BCUT2D eigenvalue weighted by molar-refractivity contribution is -0.133. The van der Waals surface area contributed by atoms with Crippen molar-refractivity contribution in [2.45, 2.75) is 56.0 Å². The standard InChI is InChI=1S/C26H36N4O5S/c1-17(2)29-14-20(25(32)28-33)21(15-29)27-24(31)19-11-9-18(10-12-19)13-30-16-26(3,4)36(34,35)23-8-6-5-7-22(23)30/h5-12,17,20-21,33-35H,13-16H2,1-4H3,(H,27,31)(H,28,32)/t20-,21+/m0/s1. The van der Waals surface area contributed by atoms with Gasteiger partial charge < -0.3 is 10.2 Å². The Labute approximate surface area is 213 Å². The number of carbonyl (C=O) groups is 2. The number of rotatable bonds is 6. The van der Waals surface area contributed by atoms with Crippen molar-refractivity contribution in [2.75, 3.05) is 24.5 Å². The molecule has 4 rings (SSSR count). The van der Waals surface area contributed by atoms with Crippen molar-refractivity contribution in [3.8, 4) is 0 Å². The number of benzene rings is 2. The molecule has 9 nitrogen and oxygen atoms in total.